The third-order valence-electron chi connectivity index (χ3n) is 4.15. The SMILES string of the molecule is C=CCOC(=O)[C@@H]1c2cccc(OCOC)c2O[C@@H]1c1ccc(O)c(O)c1. The minimum absolute atomic E-state index is 0.0239. The Labute approximate surface area is 156 Å². The van der Waals surface area contributed by atoms with E-state index in [0.29, 0.717) is 22.6 Å². The van der Waals surface area contributed by atoms with Crippen LogP contribution in [0.15, 0.2) is 49.1 Å². The molecule has 7 nitrogen and oxygen atoms in total. The van der Waals surface area contributed by atoms with Crippen molar-refractivity contribution in [1.82, 2.24) is 0 Å². The van der Waals surface area contributed by atoms with E-state index >= 15 is 0 Å². The van der Waals surface area contributed by atoms with E-state index < -0.39 is 18.0 Å². The zero-order valence-electron chi connectivity index (χ0n) is 14.8. The van der Waals surface area contributed by atoms with Crippen LogP contribution >= 0.6 is 0 Å². The summed E-state index contributed by atoms with van der Waals surface area (Å²) in [6.45, 7) is 3.64. The van der Waals surface area contributed by atoms with Crippen LogP contribution in [0.2, 0.25) is 0 Å². The summed E-state index contributed by atoms with van der Waals surface area (Å²) in [5, 5.41) is 19.4. The lowest BCUT2D eigenvalue weighted by Gasteiger charge is -2.18. The highest BCUT2D eigenvalue weighted by atomic mass is 16.7. The van der Waals surface area contributed by atoms with Crippen LogP contribution in [0, 0.1) is 0 Å². The molecule has 0 saturated carbocycles. The topological polar surface area (TPSA) is 94.5 Å². The maximum absolute atomic E-state index is 12.7. The van der Waals surface area contributed by atoms with E-state index in [-0.39, 0.29) is 24.9 Å². The van der Waals surface area contributed by atoms with Gasteiger partial charge in [-0.1, -0.05) is 30.9 Å². The zero-order valence-corrected chi connectivity index (χ0v) is 14.8. The van der Waals surface area contributed by atoms with E-state index in [9.17, 15) is 15.0 Å². The van der Waals surface area contributed by atoms with Crippen molar-refractivity contribution in [2.45, 2.75) is 12.0 Å². The molecule has 0 aliphatic carbocycles. The van der Waals surface area contributed by atoms with Gasteiger partial charge < -0.3 is 29.2 Å². The van der Waals surface area contributed by atoms with Crippen molar-refractivity contribution in [3.8, 4) is 23.0 Å². The lowest BCUT2D eigenvalue weighted by Crippen LogP contribution is -2.21. The minimum atomic E-state index is -0.769. The molecule has 0 bridgehead atoms. The molecule has 0 fully saturated rings. The van der Waals surface area contributed by atoms with Gasteiger partial charge in [-0.3, -0.25) is 4.79 Å². The van der Waals surface area contributed by atoms with Gasteiger partial charge in [-0.05, 0) is 23.8 Å². The predicted octanol–water partition coefficient (Wildman–Crippen LogP) is 3.03. The predicted molar refractivity (Wildman–Crippen MR) is 96.0 cm³/mol. The molecule has 0 spiro atoms. The second kappa shape index (κ2) is 8.01. The summed E-state index contributed by atoms with van der Waals surface area (Å²) in [5.74, 6) is -0.982. The van der Waals surface area contributed by atoms with E-state index in [1.807, 2.05) is 0 Å². The number of phenolic OH excluding ortho intramolecular Hbond substituents is 2. The first-order valence-electron chi connectivity index (χ1n) is 8.27. The number of hydrogen-bond acceptors (Lipinski definition) is 7. The summed E-state index contributed by atoms with van der Waals surface area (Å²) < 4.78 is 21.7. The third kappa shape index (κ3) is 3.68. The maximum Gasteiger partial charge on any atom is 0.318 e. The quantitative estimate of drug-likeness (QED) is 0.334. The molecule has 7 heteroatoms. The molecule has 142 valence electrons. The van der Waals surface area contributed by atoms with Gasteiger partial charge in [-0.15, -0.1) is 0 Å². The first-order chi connectivity index (χ1) is 13.1. The molecule has 0 aromatic heterocycles. The van der Waals surface area contributed by atoms with Gasteiger partial charge in [0, 0.05) is 12.7 Å². The molecule has 2 aromatic rings. The van der Waals surface area contributed by atoms with Crippen LogP contribution in [0.25, 0.3) is 0 Å². The highest BCUT2D eigenvalue weighted by molar-refractivity contribution is 5.82. The fourth-order valence-electron chi connectivity index (χ4n) is 2.96. The Balaban J connectivity index is 2.02. The molecule has 2 N–H and O–H groups in total. The molecule has 1 heterocycles. The van der Waals surface area contributed by atoms with Gasteiger partial charge in [0.1, 0.15) is 18.6 Å². The molecule has 0 unspecified atom stereocenters. The van der Waals surface area contributed by atoms with E-state index in [1.54, 1.807) is 24.3 Å². The largest absolute Gasteiger partial charge is 0.504 e. The van der Waals surface area contributed by atoms with Crippen LogP contribution in [0.4, 0.5) is 0 Å². The second-order valence-corrected chi connectivity index (χ2v) is 5.91. The molecule has 2 atom stereocenters. The standard InChI is InChI=1S/C20H20O7/c1-3-9-25-20(23)17-13-5-4-6-16(26-11-24-2)19(13)27-18(17)12-7-8-14(21)15(22)10-12/h3-8,10,17-18,21-22H,1,9,11H2,2H3/t17-,18-/m1/s1. The van der Waals surface area contributed by atoms with E-state index in [2.05, 4.69) is 6.58 Å². The van der Waals surface area contributed by atoms with Gasteiger partial charge in [-0.25, -0.2) is 0 Å². The van der Waals surface area contributed by atoms with Crippen LogP contribution < -0.4 is 9.47 Å². The molecule has 1 aliphatic rings. The van der Waals surface area contributed by atoms with Crippen LogP contribution in [0.5, 0.6) is 23.0 Å². The van der Waals surface area contributed by atoms with Gasteiger partial charge in [-0.2, -0.15) is 0 Å². The number of rotatable bonds is 7. The lowest BCUT2D eigenvalue weighted by molar-refractivity contribution is -0.145. The monoisotopic (exact) mass is 372 g/mol. The van der Waals surface area contributed by atoms with Crippen molar-refractivity contribution < 1.29 is 34.0 Å². The zero-order chi connectivity index (χ0) is 19.4. The van der Waals surface area contributed by atoms with Crippen LogP contribution in [0.1, 0.15) is 23.1 Å². The summed E-state index contributed by atoms with van der Waals surface area (Å²) in [6.07, 6.45) is 0.727. The van der Waals surface area contributed by atoms with Crippen LogP contribution in [-0.2, 0) is 14.3 Å². The average Bonchev–Trinajstić information content (AvgIpc) is 3.06. The number of phenols is 2. The van der Waals surface area contributed by atoms with Crippen LogP contribution in [-0.4, -0.2) is 36.7 Å². The number of esters is 1. The minimum Gasteiger partial charge on any atom is -0.504 e. The summed E-state index contributed by atoms with van der Waals surface area (Å²) >= 11 is 0. The first kappa shape index (κ1) is 18.6. The Bertz CT molecular complexity index is 846. The average molecular weight is 372 g/mol. The normalized spacial score (nSPS) is 17.7. The first-order valence-corrected chi connectivity index (χ1v) is 8.27. The molecular weight excluding hydrogens is 352 g/mol. The molecule has 3 rings (SSSR count). The Morgan fingerprint density at radius 1 is 1.26 bits per heavy atom. The van der Waals surface area contributed by atoms with Gasteiger partial charge in [0.25, 0.3) is 0 Å². The number of ether oxygens (including phenoxy) is 4. The van der Waals surface area contributed by atoms with Crippen molar-refractivity contribution in [2.75, 3.05) is 20.5 Å². The number of methoxy groups -OCH3 is 1. The molecule has 27 heavy (non-hydrogen) atoms. The van der Waals surface area contributed by atoms with Crippen molar-refractivity contribution in [3.05, 3.63) is 60.2 Å². The number of carbonyl (C=O) groups is 1. The van der Waals surface area contributed by atoms with Gasteiger partial charge in [0.2, 0.25) is 0 Å². The van der Waals surface area contributed by atoms with Gasteiger partial charge in [0.15, 0.2) is 29.8 Å². The fraction of sp³-hybridized carbons (Fsp3) is 0.250. The van der Waals surface area contributed by atoms with E-state index in [4.69, 9.17) is 18.9 Å². The molecule has 2 aromatic carbocycles. The number of para-hydroxylation sites is 1. The molecule has 0 radical (unpaired) electrons. The summed E-state index contributed by atoms with van der Waals surface area (Å²) in [4.78, 5) is 12.7. The van der Waals surface area contributed by atoms with Gasteiger partial charge in [0.05, 0.1) is 0 Å². The summed E-state index contributed by atoms with van der Waals surface area (Å²) in [7, 11) is 1.50. The Hall–Kier alpha value is -3.19. The molecular formula is C20H20O7. The van der Waals surface area contributed by atoms with Crippen molar-refractivity contribution >= 4 is 5.97 Å². The fourth-order valence-corrected chi connectivity index (χ4v) is 2.96. The number of aromatic hydroxyl groups is 2. The number of hydrogen-bond donors (Lipinski definition) is 2. The van der Waals surface area contributed by atoms with E-state index in [1.165, 1.54) is 25.3 Å². The summed E-state index contributed by atoms with van der Waals surface area (Å²) in [5.41, 5.74) is 1.12. The third-order valence-corrected chi connectivity index (χ3v) is 4.15. The van der Waals surface area contributed by atoms with Crippen molar-refractivity contribution in [2.24, 2.45) is 0 Å². The number of benzene rings is 2. The molecule has 0 saturated heterocycles. The van der Waals surface area contributed by atoms with Crippen LogP contribution in [0.3, 0.4) is 0 Å². The second-order valence-electron chi connectivity index (χ2n) is 5.91. The lowest BCUT2D eigenvalue weighted by atomic mass is 9.91. The number of fused-ring (bicyclic) bond motifs is 1. The Kier molecular flexibility index (Phi) is 5.52. The molecule has 1 aliphatic heterocycles. The smallest absolute Gasteiger partial charge is 0.318 e. The van der Waals surface area contributed by atoms with E-state index in [0.717, 1.165) is 0 Å². The van der Waals surface area contributed by atoms with Crippen molar-refractivity contribution in [3.63, 3.8) is 0 Å². The number of carbonyl (C=O) groups excluding carboxylic acids is 1. The Morgan fingerprint density at radius 2 is 2.07 bits per heavy atom. The van der Waals surface area contributed by atoms with Crippen molar-refractivity contribution in [1.29, 1.82) is 0 Å². The Morgan fingerprint density at radius 3 is 2.78 bits per heavy atom. The maximum atomic E-state index is 12.7. The van der Waals surface area contributed by atoms with Gasteiger partial charge >= 0.3 is 5.97 Å². The summed E-state index contributed by atoms with van der Waals surface area (Å²) in [6, 6.07) is 9.49. The highest BCUT2D eigenvalue weighted by Crippen LogP contribution is 2.51. The highest BCUT2D eigenvalue weighted by Gasteiger charge is 2.43. The molecule has 0 amide bonds.